The molecule has 0 amide bonds. The van der Waals surface area contributed by atoms with Gasteiger partial charge in [0.2, 0.25) is 0 Å². The molecular weight excluding hydrogens is 246 g/mol. The fraction of sp³-hybridized carbons (Fsp3) is 0.231. The molecule has 0 atom stereocenters. The molecule has 0 radical (unpaired) electrons. The van der Waals surface area contributed by atoms with Crippen LogP contribution in [-0.2, 0) is 0 Å². The number of nitrogens with one attached hydrogen (secondary N) is 1. The van der Waals surface area contributed by atoms with E-state index < -0.39 is 0 Å². The van der Waals surface area contributed by atoms with E-state index in [1.807, 2.05) is 19.9 Å². The van der Waals surface area contributed by atoms with Crippen molar-refractivity contribution in [1.29, 1.82) is 5.26 Å². The Morgan fingerprint density at radius 3 is 2.78 bits per heavy atom. The van der Waals surface area contributed by atoms with Gasteiger partial charge < -0.3 is 10.1 Å². The number of benzene rings is 1. The molecule has 1 N–H and O–H groups in total. The summed E-state index contributed by atoms with van der Waals surface area (Å²) in [6.45, 7) is 4.03. The summed E-state index contributed by atoms with van der Waals surface area (Å²) in [5, 5.41) is 12.7. The fourth-order valence-electron chi connectivity index (χ4n) is 1.74. The van der Waals surface area contributed by atoms with Gasteiger partial charge in [-0.05, 0) is 31.0 Å². The molecule has 92 valence electrons. The summed E-state index contributed by atoms with van der Waals surface area (Å²) in [5.41, 5.74) is 3.12. The average molecular weight is 259 g/mol. The van der Waals surface area contributed by atoms with Gasteiger partial charge in [0.15, 0.2) is 5.13 Å². The van der Waals surface area contributed by atoms with Crippen LogP contribution < -0.4 is 10.1 Å². The van der Waals surface area contributed by atoms with Crippen molar-refractivity contribution in [2.24, 2.45) is 0 Å². The first-order valence-electron chi connectivity index (χ1n) is 5.42. The van der Waals surface area contributed by atoms with Crippen LogP contribution in [0.2, 0.25) is 0 Å². The molecule has 2 rings (SSSR count). The number of aromatic nitrogens is 1. The first-order chi connectivity index (χ1) is 8.63. The molecule has 4 nitrogen and oxygen atoms in total. The topological polar surface area (TPSA) is 57.9 Å². The summed E-state index contributed by atoms with van der Waals surface area (Å²) in [6, 6.07) is 6.11. The number of aryl methyl sites for hydroxylation is 2. The van der Waals surface area contributed by atoms with Crippen molar-refractivity contribution in [2.75, 3.05) is 12.4 Å². The lowest BCUT2D eigenvalue weighted by Gasteiger charge is -2.13. The van der Waals surface area contributed by atoms with Crippen LogP contribution in [0.15, 0.2) is 18.3 Å². The summed E-state index contributed by atoms with van der Waals surface area (Å²) >= 11 is 1.32. The number of rotatable bonds is 3. The number of methoxy groups -OCH3 is 1. The number of nitriles is 1. The number of hydrogen-bond acceptors (Lipinski definition) is 5. The van der Waals surface area contributed by atoms with Crippen LogP contribution in [0, 0.1) is 25.2 Å². The van der Waals surface area contributed by atoms with Crippen LogP contribution in [0.3, 0.4) is 0 Å². The smallest absolute Gasteiger partial charge is 0.188 e. The van der Waals surface area contributed by atoms with E-state index >= 15 is 0 Å². The molecular formula is C13H13N3OS. The van der Waals surface area contributed by atoms with E-state index in [2.05, 4.69) is 22.4 Å². The predicted molar refractivity (Wildman–Crippen MR) is 72.6 cm³/mol. The lowest BCUT2D eigenvalue weighted by atomic mass is 10.1. The summed E-state index contributed by atoms with van der Waals surface area (Å²) in [5.74, 6) is 0.779. The van der Waals surface area contributed by atoms with Crippen molar-refractivity contribution in [3.8, 4) is 11.8 Å². The van der Waals surface area contributed by atoms with Crippen LogP contribution in [0.25, 0.3) is 0 Å². The van der Waals surface area contributed by atoms with Crippen molar-refractivity contribution >= 4 is 22.2 Å². The normalized spacial score (nSPS) is 9.89. The van der Waals surface area contributed by atoms with E-state index in [1.165, 1.54) is 11.3 Å². The molecule has 5 heteroatoms. The number of hydrogen-bond donors (Lipinski definition) is 1. The van der Waals surface area contributed by atoms with Gasteiger partial charge in [0.1, 0.15) is 16.7 Å². The van der Waals surface area contributed by atoms with Gasteiger partial charge in [0.05, 0.1) is 19.0 Å². The molecule has 1 heterocycles. The minimum Gasteiger partial charge on any atom is -0.495 e. The van der Waals surface area contributed by atoms with Gasteiger partial charge in [-0.2, -0.15) is 5.26 Å². The third-order valence-electron chi connectivity index (χ3n) is 2.51. The molecule has 0 saturated carbocycles. The Bertz CT molecular complexity index is 613. The molecule has 2 aromatic rings. The van der Waals surface area contributed by atoms with Gasteiger partial charge in [0, 0.05) is 0 Å². The second kappa shape index (κ2) is 5.07. The molecule has 1 aromatic carbocycles. The maximum absolute atomic E-state index is 8.78. The SMILES string of the molecule is COc1cc(C)cc(C)c1Nc1ncc(C#N)s1. The molecule has 0 aliphatic carbocycles. The van der Waals surface area contributed by atoms with Crippen molar-refractivity contribution < 1.29 is 4.74 Å². The van der Waals surface area contributed by atoms with Crippen LogP contribution in [0.5, 0.6) is 5.75 Å². The molecule has 1 aromatic heterocycles. The summed E-state index contributed by atoms with van der Waals surface area (Å²) < 4.78 is 5.36. The zero-order valence-corrected chi connectivity index (χ0v) is 11.3. The highest BCUT2D eigenvalue weighted by molar-refractivity contribution is 7.16. The number of nitrogens with zero attached hydrogens (tertiary/aromatic N) is 2. The number of thiazole rings is 1. The molecule has 18 heavy (non-hydrogen) atoms. The molecule has 0 fully saturated rings. The van der Waals surface area contributed by atoms with E-state index in [0.717, 1.165) is 22.6 Å². The minimum atomic E-state index is 0.584. The maximum atomic E-state index is 8.78. The van der Waals surface area contributed by atoms with Crippen molar-refractivity contribution in [2.45, 2.75) is 13.8 Å². The lowest BCUT2D eigenvalue weighted by molar-refractivity contribution is 0.416. The molecule has 0 spiro atoms. The Labute approximate surface area is 110 Å². The highest BCUT2D eigenvalue weighted by atomic mass is 32.1. The highest BCUT2D eigenvalue weighted by Crippen LogP contribution is 2.33. The minimum absolute atomic E-state index is 0.584. The van der Waals surface area contributed by atoms with Gasteiger partial charge in [0.25, 0.3) is 0 Å². The van der Waals surface area contributed by atoms with E-state index in [4.69, 9.17) is 10.00 Å². The highest BCUT2D eigenvalue weighted by Gasteiger charge is 2.10. The van der Waals surface area contributed by atoms with Gasteiger partial charge in [-0.25, -0.2) is 4.98 Å². The van der Waals surface area contributed by atoms with E-state index in [1.54, 1.807) is 13.3 Å². The number of ether oxygens (including phenoxy) is 1. The van der Waals surface area contributed by atoms with Crippen molar-refractivity contribution in [3.05, 3.63) is 34.3 Å². The quantitative estimate of drug-likeness (QED) is 0.918. The van der Waals surface area contributed by atoms with Crippen LogP contribution in [-0.4, -0.2) is 12.1 Å². The van der Waals surface area contributed by atoms with Gasteiger partial charge in [-0.1, -0.05) is 17.4 Å². The summed E-state index contributed by atoms with van der Waals surface area (Å²) in [6.07, 6.45) is 1.56. The Balaban J connectivity index is 2.36. The monoisotopic (exact) mass is 259 g/mol. The van der Waals surface area contributed by atoms with Gasteiger partial charge in [-0.3, -0.25) is 0 Å². The molecule has 0 bridgehead atoms. The van der Waals surface area contributed by atoms with Crippen molar-refractivity contribution in [3.63, 3.8) is 0 Å². The van der Waals surface area contributed by atoms with E-state index in [9.17, 15) is 0 Å². The third kappa shape index (κ3) is 2.44. The summed E-state index contributed by atoms with van der Waals surface area (Å²) in [7, 11) is 1.64. The molecule has 0 saturated heterocycles. The largest absolute Gasteiger partial charge is 0.495 e. The lowest BCUT2D eigenvalue weighted by Crippen LogP contribution is -1.97. The van der Waals surface area contributed by atoms with Crippen LogP contribution in [0.4, 0.5) is 10.8 Å². The first-order valence-corrected chi connectivity index (χ1v) is 6.24. The van der Waals surface area contributed by atoms with E-state index in [-0.39, 0.29) is 0 Å². The van der Waals surface area contributed by atoms with Crippen LogP contribution in [0.1, 0.15) is 16.0 Å². The van der Waals surface area contributed by atoms with Crippen molar-refractivity contribution in [1.82, 2.24) is 4.98 Å². The maximum Gasteiger partial charge on any atom is 0.188 e. The Hall–Kier alpha value is -2.06. The van der Waals surface area contributed by atoms with Crippen LogP contribution >= 0.6 is 11.3 Å². The second-order valence-corrected chi connectivity index (χ2v) is 4.96. The third-order valence-corrected chi connectivity index (χ3v) is 3.33. The molecule has 0 aliphatic rings. The Morgan fingerprint density at radius 2 is 2.17 bits per heavy atom. The first kappa shape index (κ1) is 12.4. The van der Waals surface area contributed by atoms with E-state index in [0.29, 0.717) is 10.0 Å². The Morgan fingerprint density at radius 1 is 1.39 bits per heavy atom. The van der Waals surface area contributed by atoms with Gasteiger partial charge in [-0.15, -0.1) is 0 Å². The second-order valence-electron chi connectivity index (χ2n) is 3.93. The zero-order chi connectivity index (χ0) is 13.1. The molecule has 0 unspecified atom stereocenters. The summed E-state index contributed by atoms with van der Waals surface area (Å²) in [4.78, 5) is 4.74. The average Bonchev–Trinajstić information content (AvgIpc) is 2.80. The zero-order valence-electron chi connectivity index (χ0n) is 10.4. The van der Waals surface area contributed by atoms with Gasteiger partial charge >= 0.3 is 0 Å². The standard InChI is InChI=1S/C13H13N3OS/c1-8-4-9(2)12(11(5-8)17-3)16-13-15-7-10(6-14)18-13/h4-5,7H,1-3H3,(H,15,16). The predicted octanol–water partition coefficient (Wildman–Crippen LogP) is 3.38. The molecule has 0 aliphatic heterocycles. The Kier molecular flexibility index (Phi) is 3.49. The number of anilines is 2. The fourth-order valence-corrected chi connectivity index (χ4v) is 2.36.